The molecule has 1 aromatic rings. The third kappa shape index (κ3) is 1.29. The fraction of sp³-hybridized carbons (Fsp3) is 0.286. The molecule has 0 aliphatic rings. The minimum Gasteiger partial charge on any atom is -0.373 e. The highest BCUT2D eigenvalue weighted by Gasteiger charge is 1.94. The van der Waals surface area contributed by atoms with Crippen molar-refractivity contribution >= 4 is 19.1 Å². The van der Waals surface area contributed by atoms with Gasteiger partial charge in [-0.3, -0.25) is 0 Å². The van der Waals surface area contributed by atoms with Gasteiger partial charge in [0.15, 0.2) is 0 Å². The second-order valence-electron chi connectivity index (χ2n) is 2.18. The Morgan fingerprint density at radius 3 is 2.80 bits per heavy atom. The summed E-state index contributed by atoms with van der Waals surface area (Å²) in [5.74, 6) is 0.884. The van der Waals surface area contributed by atoms with Crippen LogP contribution in [0.3, 0.4) is 0 Å². The topological polar surface area (TPSA) is 24.9 Å². The van der Waals surface area contributed by atoms with Crippen LogP contribution in [-0.2, 0) is 0 Å². The molecule has 1 heterocycles. The van der Waals surface area contributed by atoms with Gasteiger partial charge in [-0.15, -0.1) is 0 Å². The number of nitrogens with one attached hydrogen (secondary N) is 1. The molecule has 0 aliphatic heterocycles. The van der Waals surface area contributed by atoms with Gasteiger partial charge in [0, 0.05) is 13.2 Å². The Morgan fingerprint density at radius 2 is 2.30 bits per heavy atom. The molecule has 0 atom stereocenters. The summed E-state index contributed by atoms with van der Waals surface area (Å²) in [6, 6.07) is 1.89. The summed E-state index contributed by atoms with van der Waals surface area (Å²) in [4.78, 5) is 4.06. The normalized spacial score (nSPS) is 9.40. The van der Waals surface area contributed by atoms with Crippen LogP contribution < -0.4 is 10.8 Å². The first-order valence-corrected chi connectivity index (χ1v) is 3.14. The van der Waals surface area contributed by atoms with Crippen LogP contribution in [0.5, 0.6) is 0 Å². The summed E-state index contributed by atoms with van der Waals surface area (Å²) in [7, 11) is 7.33. The molecule has 1 aromatic heterocycles. The molecule has 2 nitrogen and oxygen atoms in total. The van der Waals surface area contributed by atoms with Gasteiger partial charge in [0.25, 0.3) is 0 Å². The van der Waals surface area contributed by atoms with Crippen LogP contribution in [0.25, 0.3) is 0 Å². The molecule has 1 N–H and O–H groups in total. The standard InChI is InChI=1S/C7H9BN2/c1-5-3-6(8)4-10-7(5)9-2/h3-4H,1-2H3,(H,9,10). The first-order chi connectivity index (χ1) is 4.74. The first kappa shape index (κ1) is 7.13. The third-order valence-electron chi connectivity index (χ3n) is 1.34. The minimum atomic E-state index is 0.705. The molecule has 10 heavy (non-hydrogen) atoms. The van der Waals surface area contributed by atoms with E-state index in [0.29, 0.717) is 5.46 Å². The van der Waals surface area contributed by atoms with Gasteiger partial charge in [0.05, 0.1) is 0 Å². The van der Waals surface area contributed by atoms with E-state index in [1.165, 1.54) is 0 Å². The van der Waals surface area contributed by atoms with Crippen LogP contribution in [0.1, 0.15) is 5.56 Å². The number of hydrogen-bond donors (Lipinski definition) is 1. The van der Waals surface area contributed by atoms with Crippen LogP contribution >= 0.6 is 0 Å². The van der Waals surface area contributed by atoms with Gasteiger partial charge in [0.2, 0.25) is 0 Å². The van der Waals surface area contributed by atoms with Crippen LogP contribution in [0.2, 0.25) is 0 Å². The summed E-state index contributed by atoms with van der Waals surface area (Å²) in [5, 5.41) is 2.96. The lowest BCUT2D eigenvalue weighted by atomic mass is 9.97. The molecule has 0 unspecified atom stereocenters. The molecule has 0 bridgehead atoms. The van der Waals surface area contributed by atoms with Gasteiger partial charge in [-0.1, -0.05) is 11.5 Å². The molecule has 0 aliphatic carbocycles. The largest absolute Gasteiger partial charge is 0.373 e. The van der Waals surface area contributed by atoms with Crippen molar-refractivity contribution in [1.82, 2.24) is 4.98 Å². The van der Waals surface area contributed by atoms with E-state index in [1.807, 2.05) is 20.0 Å². The lowest BCUT2D eigenvalue weighted by molar-refractivity contribution is 1.25. The number of pyridine rings is 1. The fourth-order valence-corrected chi connectivity index (χ4v) is 0.858. The predicted molar refractivity (Wildman–Crippen MR) is 43.9 cm³/mol. The van der Waals surface area contributed by atoms with Crippen molar-refractivity contribution in [3.05, 3.63) is 17.8 Å². The molecular formula is C7H9BN2. The average Bonchev–Trinajstić information content (AvgIpc) is 1.88. The van der Waals surface area contributed by atoms with Gasteiger partial charge < -0.3 is 5.32 Å². The van der Waals surface area contributed by atoms with E-state index >= 15 is 0 Å². The zero-order valence-electron chi connectivity index (χ0n) is 6.18. The van der Waals surface area contributed by atoms with Crippen LogP contribution in [0.15, 0.2) is 12.3 Å². The summed E-state index contributed by atoms with van der Waals surface area (Å²) in [6.45, 7) is 1.97. The molecule has 0 fully saturated rings. The molecule has 2 radical (unpaired) electrons. The maximum absolute atomic E-state index is 5.49. The lowest BCUT2D eigenvalue weighted by Crippen LogP contribution is -2.06. The number of aryl methyl sites for hydroxylation is 1. The number of aromatic nitrogens is 1. The second-order valence-corrected chi connectivity index (χ2v) is 2.18. The molecule has 50 valence electrons. The highest BCUT2D eigenvalue weighted by Crippen LogP contribution is 2.05. The van der Waals surface area contributed by atoms with Crippen molar-refractivity contribution < 1.29 is 0 Å². The Hall–Kier alpha value is -0.985. The van der Waals surface area contributed by atoms with E-state index in [1.54, 1.807) is 6.20 Å². The molecule has 0 saturated carbocycles. The molecule has 1 rings (SSSR count). The van der Waals surface area contributed by atoms with E-state index in [-0.39, 0.29) is 0 Å². The zero-order chi connectivity index (χ0) is 7.56. The van der Waals surface area contributed by atoms with Crippen LogP contribution in [0.4, 0.5) is 5.82 Å². The smallest absolute Gasteiger partial charge is 0.128 e. The van der Waals surface area contributed by atoms with E-state index < -0.39 is 0 Å². The number of rotatable bonds is 1. The van der Waals surface area contributed by atoms with Crippen molar-refractivity contribution in [3.8, 4) is 0 Å². The zero-order valence-corrected chi connectivity index (χ0v) is 6.18. The van der Waals surface area contributed by atoms with Crippen LogP contribution in [0, 0.1) is 6.92 Å². The first-order valence-electron chi connectivity index (χ1n) is 3.14. The molecule has 0 saturated heterocycles. The van der Waals surface area contributed by atoms with Crippen molar-refractivity contribution in [2.45, 2.75) is 6.92 Å². The maximum atomic E-state index is 5.49. The highest BCUT2D eigenvalue weighted by molar-refractivity contribution is 6.32. The average molecular weight is 132 g/mol. The number of hydrogen-bond acceptors (Lipinski definition) is 2. The fourth-order valence-electron chi connectivity index (χ4n) is 0.858. The summed E-state index contributed by atoms with van der Waals surface area (Å²) >= 11 is 0. The van der Waals surface area contributed by atoms with E-state index in [2.05, 4.69) is 10.3 Å². The van der Waals surface area contributed by atoms with Gasteiger partial charge in [0.1, 0.15) is 13.7 Å². The lowest BCUT2D eigenvalue weighted by Gasteiger charge is -2.03. The Bertz CT molecular complexity index is 235. The van der Waals surface area contributed by atoms with Gasteiger partial charge in [-0.25, -0.2) is 4.98 Å². The van der Waals surface area contributed by atoms with E-state index in [9.17, 15) is 0 Å². The maximum Gasteiger partial charge on any atom is 0.128 e. The predicted octanol–water partition coefficient (Wildman–Crippen LogP) is 0.226. The van der Waals surface area contributed by atoms with Crippen molar-refractivity contribution in [2.75, 3.05) is 12.4 Å². The summed E-state index contributed by atoms with van der Waals surface area (Å²) in [6.07, 6.45) is 1.64. The SMILES string of the molecule is [B]c1cnc(NC)c(C)c1. The Balaban J connectivity index is 3.07. The van der Waals surface area contributed by atoms with Crippen molar-refractivity contribution in [2.24, 2.45) is 0 Å². The third-order valence-corrected chi connectivity index (χ3v) is 1.34. The van der Waals surface area contributed by atoms with Gasteiger partial charge >= 0.3 is 0 Å². The monoisotopic (exact) mass is 132 g/mol. The van der Waals surface area contributed by atoms with Crippen molar-refractivity contribution in [3.63, 3.8) is 0 Å². The summed E-state index contributed by atoms with van der Waals surface area (Å²) < 4.78 is 0. The molecule has 0 aromatic carbocycles. The Morgan fingerprint density at radius 1 is 1.60 bits per heavy atom. The molecule has 0 spiro atoms. The summed E-state index contributed by atoms with van der Waals surface area (Å²) in [5.41, 5.74) is 1.78. The minimum absolute atomic E-state index is 0.705. The molecular weight excluding hydrogens is 123 g/mol. The molecule has 3 heteroatoms. The van der Waals surface area contributed by atoms with E-state index in [4.69, 9.17) is 7.85 Å². The number of nitrogens with zero attached hydrogens (tertiary/aromatic N) is 1. The number of anilines is 1. The Labute approximate surface area is 62.1 Å². The highest BCUT2D eigenvalue weighted by atomic mass is 15.0. The van der Waals surface area contributed by atoms with Gasteiger partial charge in [-0.05, 0) is 12.5 Å². The Kier molecular flexibility index (Phi) is 1.95. The van der Waals surface area contributed by atoms with Crippen molar-refractivity contribution in [1.29, 1.82) is 0 Å². The van der Waals surface area contributed by atoms with E-state index in [0.717, 1.165) is 11.4 Å². The van der Waals surface area contributed by atoms with Gasteiger partial charge in [-0.2, -0.15) is 0 Å². The second kappa shape index (κ2) is 2.73. The quantitative estimate of drug-likeness (QED) is 0.553. The van der Waals surface area contributed by atoms with Crippen LogP contribution in [-0.4, -0.2) is 19.9 Å². The molecule has 0 amide bonds.